The smallest absolute Gasteiger partial charge is 0.222 e. The molecular formula is C13H18N4OS. The van der Waals surface area contributed by atoms with Crippen molar-refractivity contribution >= 4 is 17.7 Å². The van der Waals surface area contributed by atoms with E-state index in [2.05, 4.69) is 24.0 Å². The zero-order valence-electron chi connectivity index (χ0n) is 11.1. The lowest BCUT2D eigenvalue weighted by Crippen LogP contribution is -2.08. The topological polar surface area (TPSA) is 66.0 Å². The van der Waals surface area contributed by atoms with Crippen LogP contribution in [-0.2, 0) is 0 Å². The third kappa shape index (κ3) is 3.64. The summed E-state index contributed by atoms with van der Waals surface area (Å²) in [5, 5.41) is 8.82. The summed E-state index contributed by atoms with van der Waals surface area (Å²) in [4.78, 5) is 0. The molecule has 0 aliphatic heterocycles. The van der Waals surface area contributed by atoms with Crippen molar-refractivity contribution in [2.75, 3.05) is 18.1 Å². The van der Waals surface area contributed by atoms with Gasteiger partial charge >= 0.3 is 0 Å². The first-order chi connectivity index (χ1) is 9.18. The summed E-state index contributed by atoms with van der Waals surface area (Å²) >= 11 is 1.60. The quantitative estimate of drug-likeness (QED) is 0.650. The maximum Gasteiger partial charge on any atom is 0.222 e. The Morgan fingerprint density at radius 1 is 1.26 bits per heavy atom. The highest BCUT2D eigenvalue weighted by molar-refractivity contribution is 7.99. The molecule has 5 nitrogen and oxygen atoms in total. The molecule has 6 heteroatoms. The standard InChI is InChI=1S/C13H18N4OS/c1-10(2)17-12(14)15-16-13(17)19-9-8-18-11-6-4-3-5-7-11/h3-7,10H,8-9H2,1-2H3,(H2,14,15). The van der Waals surface area contributed by atoms with Gasteiger partial charge in [-0.2, -0.15) is 0 Å². The Labute approximate surface area is 117 Å². The molecule has 0 saturated heterocycles. The Morgan fingerprint density at radius 2 is 2.00 bits per heavy atom. The first-order valence-electron chi connectivity index (χ1n) is 6.19. The summed E-state index contributed by atoms with van der Waals surface area (Å²) < 4.78 is 7.55. The molecule has 2 aromatic rings. The number of hydrogen-bond acceptors (Lipinski definition) is 5. The van der Waals surface area contributed by atoms with Gasteiger partial charge in [-0.3, -0.25) is 4.57 Å². The van der Waals surface area contributed by atoms with E-state index in [-0.39, 0.29) is 6.04 Å². The third-order valence-electron chi connectivity index (χ3n) is 2.53. The van der Waals surface area contributed by atoms with E-state index in [9.17, 15) is 0 Å². The zero-order valence-corrected chi connectivity index (χ0v) is 11.9. The Balaban J connectivity index is 1.83. The van der Waals surface area contributed by atoms with Crippen LogP contribution in [0.15, 0.2) is 35.5 Å². The number of rotatable bonds is 6. The van der Waals surface area contributed by atoms with Crippen LogP contribution < -0.4 is 10.5 Å². The Hall–Kier alpha value is -1.69. The van der Waals surface area contributed by atoms with Crippen LogP contribution in [0.5, 0.6) is 5.75 Å². The number of para-hydroxylation sites is 1. The first kappa shape index (κ1) is 13.7. The lowest BCUT2D eigenvalue weighted by molar-refractivity contribution is 0.343. The normalized spacial score (nSPS) is 10.9. The molecule has 0 saturated carbocycles. The number of ether oxygens (including phenoxy) is 1. The van der Waals surface area contributed by atoms with Crippen molar-refractivity contribution in [3.63, 3.8) is 0 Å². The minimum absolute atomic E-state index is 0.257. The van der Waals surface area contributed by atoms with Crippen LogP contribution in [0.4, 0.5) is 5.95 Å². The molecule has 0 amide bonds. The van der Waals surface area contributed by atoms with E-state index < -0.39 is 0 Å². The first-order valence-corrected chi connectivity index (χ1v) is 7.18. The molecule has 102 valence electrons. The van der Waals surface area contributed by atoms with Crippen molar-refractivity contribution in [2.24, 2.45) is 0 Å². The molecule has 2 N–H and O–H groups in total. The molecule has 0 fully saturated rings. The van der Waals surface area contributed by atoms with Gasteiger partial charge in [0, 0.05) is 11.8 Å². The highest BCUT2D eigenvalue weighted by Crippen LogP contribution is 2.22. The SMILES string of the molecule is CC(C)n1c(N)nnc1SCCOc1ccccc1. The van der Waals surface area contributed by atoms with Crippen LogP contribution in [0.2, 0.25) is 0 Å². The van der Waals surface area contributed by atoms with Crippen LogP contribution >= 0.6 is 11.8 Å². The van der Waals surface area contributed by atoms with E-state index >= 15 is 0 Å². The van der Waals surface area contributed by atoms with Gasteiger partial charge in [0.1, 0.15) is 5.75 Å². The van der Waals surface area contributed by atoms with E-state index in [1.165, 1.54) is 0 Å². The van der Waals surface area contributed by atoms with Gasteiger partial charge in [0.2, 0.25) is 5.95 Å². The average molecular weight is 278 g/mol. The number of nitrogens with zero attached hydrogens (tertiary/aromatic N) is 3. The molecule has 0 bridgehead atoms. The van der Waals surface area contributed by atoms with Crippen LogP contribution in [0, 0.1) is 0 Å². The van der Waals surface area contributed by atoms with Crippen LogP contribution in [0.1, 0.15) is 19.9 Å². The van der Waals surface area contributed by atoms with Gasteiger partial charge in [-0.1, -0.05) is 30.0 Å². The van der Waals surface area contributed by atoms with E-state index in [4.69, 9.17) is 10.5 Å². The van der Waals surface area contributed by atoms with Crippen molar-refractivity contribution in [3.8, 4) is 5.75 Å². The summed E-state index contributed by atoms with van der Waals surface area (Å²) in [5.74, 6) is 2.15. The minimum atomic E-state index is 0.257. The molecule has 1 heterocycles. The summed E-state index contributed by atoms with van der Waals surface area (Å²) in [6.45, 7) is 4.74. The van der Waals surface area contributed by atoms with Crippen LogP contribution in [-0.4, -0.2) is 27.1 Å². The average Bonchev–Trinajstić information content (AvgIpc) is 2.77. The van der Waals surface area contributed by atoms with E-state index in [0.29, 0.717) is 12.6 Å². The van der Waals surface area contributed by atoms with E-state index in [1.54, 1.807) is 11.8 Å². The number of nitrogen functional groups attached to an aromatic ring is 1. The molecule has 0 unspecified atom stereocenters. The maximum absolute atomic E-state index is 5.78. The van der Waals surface area contributed by atoms with Gasteiger partial charge in [-0.15, -0.1) is 10.2 Å². The van der Waals surface area contributed by atoms with Crippen molar-refractivity contribution < 1.29 is 4.74 Å². The molecule has 0 aliphatic rings. The van der Waals surface area contributed by atoms with E-state index in [0.717, 1.165) is 16.7 Å². The number of anilines is 1. The fourth-order valence-electron chi connectivity index (χ4n) is 1.68. The number of hydrogen-bond donors (Lipinski definition) is 1. The lowest BCUT2D eigenvalue weighted by Gasteiger charge is -2.11. The second kappa shape index (κ2) is 6.47. The molecule has 2 rings (SSSR count). The summed E-state index contributed by atoms with van der Waals surface area (Å²) in [7, 11) is 0. The molecule has 0 spiro atoms. The van der Waals surface area contributed by atoms with Gasteiger partial charge in [-0.25, -0.2) is 0 Å². The third-order valence-corrected chi connectivity index (χ3v) is 3.44. The predicted octanol–water partition coefficient (Wildman–Crippen LogP) is 2.61. The van der Waals surface area contributed by atoms with Gasteiger partial charge in [0.25, 0.3) is 0 Å². The molecule has 0 aliphatic carbocycles. The molecule has 19 heavy (non-hydrogen) atoms. The molecular weight excluding hydrogens is 260 g/mol. The molecule has 1 aromatic carbocycles. The summed E-state index contributed by atoms with van der Waals surface area (Å²) in [5.41, 5.74) is 5.78. The van der Waals surface area contributed by atoms with Crippen molar-refractivity contribution in [1.29, 1.82) is 0 Å². The molecule has 0 radical (unpaired) electrons. The number of nitrogens with two attached hydrogens (primary N) is 1. The second-order valence-corrected chi connectivity index (χ2v) is 5.38. The Bertz CT molecular complexity index is 513. The lowest BCUT2D eigenvalue weighted by atomic mass is 10.3. The number of benzene rings is 1. The van der Waals surface area contributed by atoms with Crippen LogP contribution in [0.3, 0.4) is 0 Å². The summed E-state index contributed by atoms with van der Waals surface area (Å²) in [6, 6.07) is 10.0. The highest BCUT2D eigenvalue weighted by Gasteiger charge is 2.12. The molecule has 0 atom stereocenters. The fraction of sp³-hybridized carbons (Fsp3) is 0.385. The fourth-order valence-corrected chi connectivity index (χ4v) is 2.57. The maximum atomic E-state index is 5.78. The zero-order chi connectivity index (χ0) is 13.7. The predicted molar refractivity (Wildman–Crippen MR) is 77.5 cm³/mol. The van der Waals surface area contributed by atoms with Gasteiger partial charge in [0.05, 0.1) is 6.61 Å². The number of aromatic nitrogens is 3. The Kier molecular flexibility index (Phi) is 4.68. The van der Waals surface area contributed by atoms with Crippen molar-refractivity contribution in [3.05, 3.63) is 30.3 Å². The number of thioether (sulfide) groups is 1. The van der Waals surface area contributed by atoms with Gasteiger partial charge < -0.3 is 10.5 Å². The van der Waals surface area contributed by atoms with Gasteiger partial charge in [0.15, 0.2) is 5.16 Å². The largest absolute Gasteiger partial charge is 0.493 e. The Morgan fingerprint density at radius 3 is 2.68 bits per heavy atom. The molecule has 1 aromatic heterocycles. The minimum Gasteiger partial charge on any atom is -0.493 e. The monoisotopic (exact) mass is 278 g/mol. The van der Waals surface area contributed by atoms with Crippen molar-refractivity contribution in [1.82, 2.24) is 14.8 Å². The van der Waals surface area contributed by atoms with Crippen LogP contribution in [0.25, 0.3) is 0 Å². The van der Waals surface area contributed by atoms with Gasteiger partial charge in [-0.05, 0) is 26.0 Å². The summed E-state index contributed by atoms with van der Waals surface area (Å²) in [6.07, 6.45) is 0. The second-order valence-electron chi connectivity index (χ2n) is 4.31. The van der Waals surface area contributed by atoms with Crippen molar-refractivity contribution in [2.45, 2.75) is 25.0 Å². The van der Waals surface area contributed by atoms with E-state index in [1.807, 2.05) is 34.9 Å². The highest BCUT2D eigenvalue weighted by atomic mass is 32.2.